The van der Waals surface area contributed by atoms with E-state index in [1.807, 2.05) is 6.07 Å². The maximum atomic E-state index is 12.2. The van der Waals surface area contributed by atoms with Crippen molar-refractivity contribution in [1.29, 1.82) is 0 Å². The summed E-state index contributed by atoms with van der Waals surface area (Å²) in [5.74, 6) is -1.29. The van der Waals surface area contributed by atoms with Crippen LogP contribution >= 0.6 is 22.9 Å². The van der Waals surface area contributed by atoms with Gasteiger partial charge in [0, 0.05) is 22.0 Å². The molecule has 0 saturated carbocycles. The molecule has 1 heterocycles. The van der Waals surface area contributed by atoms with E-state index < -0.39 is 23.4 Å². The van der Waals surface area contributed by atoms with Crippen molar-refractivity contribution in [2.75, 3.05) is 19.0 Å². The van der Waals surface area contributed by atoms with Gasteiger partial charge in [0.1, 0.15) is 10.8 Å². The normalized spacial score (nSPS) is 10.3. The highest BCUT2D eigenvalue weighted by molar-refractivity contribution is 7.13. The molecule has 2 aromatic carbocycles. The summed E-state index contributed by atoms with van der Waals surface area (Å²) in [4.78, 5) is 38.7. The summed E-state index contributed by atoms with van der Waals surface area (Å²) in [6, 6.07) is 10.8. The summed E-state index contributed by atoms with van der Waals surface area (Å²) in [6.45, 7) is -0.566. The van der Waals surface area contributed by atoms with Gasteiger partial charge in [0.05, 0.1) is 23.8 Å². The Bertz CT molecular complexity index is 1120. The van der Waals surface area contributed by atoms with Crippen LogP contribution in [0.25, 0.3) is 10.6 Å². The summed E-state index contributed by atoms with van der Waals surface area (Å²) >= 11 is 7.20. The lowest BCUT2D eigenvalue weighted by Crippen LogP contribution is -2.21. The molecular formula is C19H14ClN3O6S. The first-order chi connectivity index (χ1) is 14.4. The van der Waals surface area contributed by atoms with Gasteiger partial charge >= 0.3 is 5.97 Å². The Morgan fingerprint density at radius 3 is 2.77 bits per heavy atom. The molecule has 0 aliphatic heterocycles. The number of nitrogens with zero attached hydrogens (tertiary/aromatic N) is 2. The number of non-ortho nitro benzene ring substituents is 1. The number of nitro benzene ring substituents is 1. The maximum absolute atomic E-state index is 12.2. The third kappa shape index (κ3) is 5.10. The summed E-state index contributed by atoms with van der Waals surface area (Å²) in [5, 5.41) is 16.0. The highest BCUT2D eigenvalue weighted by Crippen LogP contribution is 2.29. The molecule has 0 aliphatic rings. The summed E-state index contributed by atoms with van der Waals surface area (Å²) < 4.78 is 10.0. The highest BCUT2D eigenvalue weighted by Gasteiger charge is 2.17. The first-order valence-electron chi connectivity index (χ1n) is 8.38. The number of anilines is 1. The number of nitro groups is 1. The van der Waals surface area contributed by atoms with Gasteiger partial charge in [-0.25, -0.2) is 9.78 Å². The minimum absolute atomic E-state index is 0.0655. The Hall–Kier alpha value is -3.50. The molecule has 9 nitrogen and oxygen atoms in total. The van der Waals surface area contributed by atoms with Crippen molar-refractivity contribution < 1.29 is 24.0 Å². The third-order valence-corrected chi connectivity index (χ3v) is 4.92. The molecule has 1 N–H and O–H groups in total. The molecule has 3 rings (SSSR count). The quantitative estimate of drug-likeness (QED) is 0.327. The zero-order valence-corrected chi connectivity index (χ0v) is 17.0. The number of halogens is 1. The number of rotatable bonds is 7. The zero-order chi connectivity index (χ0) is 21.7. The van der Waals surface area contributed by atoms with Crippen molar-refractivity contribution in [3.8, 4) is 16.3 Å². The van der Waals surface area contributed by atoms with Crippen LogP contribution in [0.3, 0.4) is 0 Å². The van der Waals surface area contributed by atoms with Gasteiger partial charge in [0.25, 0.3) is 11.6 Å². The van der Waals surface area contributed by atoms with Gasteiger partial charge in [-0.3, -0.25) is 14.9 Å². The molecule has 0 spiro atoms. The molecule has 0 atom stereocenters. The zero-order valence-electron chi connectivity index (χ0n) is 15.5. The fourth-order valence-corrected chi connectivity index (χ4v) is 3.39. The highest BCUT2D eigenvalue weighted by atomic mass is 35.5. The Balaban J connectivity index is 1.60. The average Bonchev–Trinajstić information content (AvgIpc) is 3.22. The number of aromatic nitrogens is 1. The number of amides is 1. The summed E-state index contributed by atoms with van der Waals surface area (Å²) in [7, 11) is 1.31. The van der Waals surface area contributed by atoms with Crippen molar-refractivity contribution >= 4 is 46.2 Å². The maximum Gasteiger partial charge on any atom is 0.358 e. The van der Waals surface area contributed by atoms with E-state index in [1.54, 1.807) is 18.2 Å². The van der Waals surface area contributed by atoms with E-state index in [9.17, 15) is 19.7 Å². The molecule has 0 bridgehead atoms. The van der Waals surface area contributed by atoms with Gasteiger partial charge in [0.2, 0.25) is 0 Å². The lowest BCUT2D eigenvalue weighted by Gasteiger charge is -2.10. The summed E-state index contributed by atoms with van der Waals surface area (Å²) in [6.07, 6.45) is 0. The van der Waals surface area contributed by atoms with Gasteiger partial charge in [-0.1, -0.05) is 23.7 Å². The minimum atomic E-state index is -0.759. The van der Waals surface area contributed by atoms with Crippen molar-refractivity contribution in [3.63, 3.8) is 0 Å². The predicted molar refractivity (Wildman–Crippen MR) is 111 cm³/mol. The van der Waals surface area contributed by atoms with E-state index >= 15 is 0 Å². The van der Waals surface area contributed by atoms with E-state index in [4.69, 9.17) is 21.1 Å². The molecule has 0 saturated heterocycles. The molecule has 154 valence electrons. The van der Waals surface area contributed by atoms with Crippen molar-refractivity contribution in [2.24, 2.45) is 0 Å². The van der Waals surface area contributed by atoms with Crippen LogP contribution in [0.15, 0.2) is 47.8 Å². The van der Waals surface area contributed by atoms with Crippen LogP contribution in [0.4, 0.5) is 11.4 Å². The average molecular weight is 448 g/mol. The second-order valence-electron chi connectivity index (χ2n) is 5.81. The molecule has 0 aliphatic carbocycles. The van der Waals surface area contributed by atoms with Gasteiger partial charge < -0.3 is 14.8 Å². The van der Waals surface area contributed by atoms with E-state index in [0.717, 1.165) is 5.56 Å². The van der Waals surface area contributed by atoms with Crippen LogP contribution in [0, 0.1) is 10.1 Å². The number of carbonyl (C=O) groups excluding carboxylic acids is 2. The number of methoxy groups -OCH3 is 1. The van der Waals surface area contributed by atoms with Crippen LogP contribution in [0.5, 0.6) is 5.75 Å². The molecule has 11 heteroatoms. The van der Waals surface area contributed by atoms with Gasteiger partial charge in [0.15, 0.2) is 12.3 Å². The standard InChI is InChI=1S/C19H14ClN3O6S/c1-28-16-8-13(23(26)27)5-6-14(16)21-17(24)9-29-19(25)15-10-30-18(22-15)11-3-2-4-12(20)7-11/h2-8,10H,9H2,1H3,(H,21,24). The number of ether oxygens (including phenoxy) is 2. The Morgan fingerprint density at radius 2 is 2.07 bits per heavy atom. The summed E-state index contributed by atoms with van der Waals surface area (Å²) in [5.41, 5.74) is 0.849. The number of carbonyl (C=O) groups is 2. The fraction of sp³-hybridized carbons (Fsp3) is 0.105. The molecular weight excluding hydrogens is 434 g/mol. The van der Waals surface area contributed by atoms with Gasteiger partial charge in [-0.2, -0.15) is 0 Å². The molecule has 30 heavy (non-hydrogen) atoms. The monoisotopic (exact) mass is 447 g/mol. The number of benzene rings is 2. The second kappa shape index (κ2) is 9.33. The van der Waals surface area contributed by atoms with Crippen LogP contribution in [-0.2, 0) is 9.53 Å². The lowest BCUT2D eigenvalue weighted by atomic mass is 10.2. The van der Waals surface area contributed by atoms with Crippen LogP contribution in [0.2, 0.25) is 5.02 Å². The molecule has 0 radical (unpaired) electrons. The smallest absolute Gasteiger partial charge is 0.358 e. The molecule has 0 unspecified atom stereocenters. The second-order valence-corrected chi connectivity index (χ2v) is 7.11. The van der Waals surface area contributed by atoms with Gasteiger partial charge in [-0.15, -0.1) is 11.3 Å². The Kier molecular flexibility index (Phi) is 6.60. The van der Waals surface area contributed by atoms with Crippen LogP contribution in [0.1, 0.15) is 10.5 Å². The number of esters is 1. The lowest BCUT2D eigenvalue weighted by molar-refractivity contribution is -0.384. The van der Waals surface area contributed by atoms with E-state index in [2.05, 4.69) is 10.3 Å². The van der Waals surface area contributed by atoms with E-state index in [0.29, 0.717) is 10.0 Å². The molecule has 1 amide bonds. The van der Waals surface area contributed by atoms with Crippen LogP contribution in [-0.4, -0.2) is 35.5 Å². The number of hydrogen-bond donors (Lipinski definition) is 1. The number of hydrogen-bond acceptors (Lipinski definition) is 8. The molecule has 1 aromatic heterocycles. The van der Waals surface area contributed by atoms with Crippen LogP contribution < -0.4 is 10.1 Å². The number of nitrogens with one attached hydrogen (secondary N) is 1. The number of thiazole rings is 1. The van der Waals surface area contributed by atoms with Crippen molar-refractivity contribution in [2.45, 2.75) is 0 Å². The molecule has 3 aromatic rings. The fourth-order valence-electron chi connectivity index (χ4n) is 2.41. The Labute approximate surface area is 179 Å². The van der Waals surface area contributed by atoms with E-state index in [-0.39, 0.29) is 22.8 Å². The van der Waals surface area contributed by atoms with Gasteiger partial charge in [-0.05, 0) is 18.2 Å². The first kappa shape index (κ1) is 21.2. The van der Waals surface area contributed by atoms with Crippen molar-refractivity contribution in [3.05, 3.63) is 68.7 Å². The van der Waals surface area contributed by atoms with E-state index in [1.165, 1.54) is 42.0 Å². The topological polar surface area (TPSA) is 121 Å². The minimum Gasteiger partial charge on any atom is -0.494 e. The third-order valence-electron chi connectivity index (χ3n) is 3.79. The first-order valence-corrected chi connectivity index (χ1v) is 9.64. The molecule has 0 fully saturated rings. The SMILES string of the molecule is COc1cc([N+](=O)[O-])ccc1NC(=O)COC(=O)c1csc(-c2cccc(Cl)c2)n1. The Morgan fingerprint density at radius 1 is 1.27 bits per heavy atom. The largest absolute Gasteiger partial charge is 0.494 e. The predicted octanol–water partition coefficient (Wildman–Crippen LogP) is 4.18. The van der Waals surface area contributed by atoms with Crippen molar-refractivity contribution in [1.82, 2.24) is 4.98 Å².